The predicted octanol–water partition coefficient (Wildman–Crippen LogP) is 3.52. The summed E-state index contributed by atoms with van der Waals surface area (Å²) in [4.78, 5) is 14.1. The van der Waals surface area contributed by atoms with E-state index in [1.807, 2.05) is 44.0 Å². The second-order valence-electron chi connectivity index (χ2n) is 5.94. The lowest BCUT2D eigenvalue weighted by Crippen LogP contribution is -2.30. The van der Waals surface area contributed by atoms with Crippen LogP contribution in [0, 0.1) is 19.7 Å². The molecule has 0 aromatic heterocycles. The van der Waals surface area contributed by atoms with Crippen molar-refractivity contribution in [3.63, 3.8) is 0 Å². The lowest BCUT2D eigenvalue weighted by Gasteiger charge is -2.19. The molecule has 0 unspecified atom stereocenters. The van der Waals surface area contributed by atoms with Gasteiger partial charge in [-0.05, 0) is 50.2 Å². The molecule has 0 aliphatic heterocycles. The monoisotopic (exact) mass is 330 g/mol. The van der Waals surface area contributed by atoms with E-state index in [9.17, 15) is 9.18 Å². The topological polar surface area (TPSA) is 41.6 Å². The Morgan fingerprint density at radius 3 is 2.50 bits per heavy atom. The third-order valence-corrected chi connectivity index (χ3v) is 3.84. The van der Waals surface area contributed by atoms with Crippen LogP contribution in [0.4, 0.5) is 10.1 Å². The summed E-state index contributed by atoms with van der Waals surface area (Å²) >= 11 is 0. The molecule has 2 aromatic rings. The molecule has 0 heterocycles. The lowest BCUT2D eigenvalue weighted by atomic mass is 10.1. The van der Waals surface area contributed by atoms with Crippen molar-refractivity contribution in [2.45, 2.75) is 20.4 Å². The normalized spacial score (nSPS) is 10.8. The third kappa shape index (κ3) is 4.55. The van der Waals surface area contributed by atoms with E-state index >= 15 is 0 Å². The number of benzene rings is 2. The molecule has 4 nitrogen and oxygen atoms in total. The number of rotatable bonds is 6. The van der Waals surface area contributed by atoms with Gasteiger partial charge in [0.05, 0.1) is 13.7 Å². The van der Waals surface area contributed by atoms with Gasteiger partial charge in [-0.1, -0.05) is 18.2 Å². The minimum Gasteiger partial charge on any atom is -0.496 e. The van der Waals surface area contributed by atoms with Gasteiger partial charge in [0, 0.05) is 17.8 Å². The fraction of sp³-hybridized carbons (Fsp3) is 0.316. The predicted molar refractivity (Wildman–Crippen MR) is 93.8 cm³/mol. The maximum absolute atomic E-state index is 13.4. The number of amides is 1. The van der Waals surface area contributed by atoms with Crippen LogP contribution in [0.3, 0.4) is 0 Å². The molecule has 0 aliphatic carbocycles. The Hall–Kier alpha value is -2.40. The first-order valence-corrected chi connectivity index (χ1v) is 7.77. The van der Waals surface area contributed by atoms with E-state index in [1.54, 1.807) is 13.2 Å². The Bertz CT molecular complexity index is 711. The molecule has 0 radical (unpaired) electrons. The van der Waals surface area contributed by atoms with Crippen molar-refractivity contribution >= 4 is 11.6 Å². The molecule has 1 N–H and O–H groups in total. The molecule has 5 heteroatoms. The number of nitrogens with zero attached hydrogens (tertiary/aromatic N) is 1. The number of anilines is 1. The molecule has 1 amide bonds. The van der Waals surface area contributed by atoms with E-state index in [0.717, 1.165) is 16.8 Å². The number of carbonyl (C=O) groups is 1. The van der Waals surface area contributed by atoms with Crippen LogP contribution in [0.2, 0.25) is 0 Å². The standard InChI is InChI=1S/C19H23FN2O2/c1-13-6-5-7-14(2)19(13)21-18(23)12-22(3)11-15-10-16(20)8-9-17(15)24-4/h5-10H,11-12H2,1-4H3,(H,21,23). The van der Waals surface area contributed by atoms with E-state index in [0.29, 0.717) is 17.9 Å². The molecule has 0 saturated heterocycles. The maximum Gasteiger partial charge on any atom is 0.238 e. The number of likely N-dealkylation sites (N-methyl/N-ethyl adjacent to an activating group) is 1. The fourth-order valence-electron chi connectivity index (χ4n) is 2.65. The minimum absolute atomic E-state index is 0.106. The quantitative estimate of drug-likeness (QED) is 0.881. The molecule has 0 bridgehead atoms. The smallest absolute Gasteiger partial charge is 0.238 e. The second-order valence-corrected chi connectivity index (χ2v) is 5.94. The summed E-state index contributed by atoms with van der Waals surface area (Å²) in [7, 11) is 3.36. The van der Waals surface area contributed by atoms with Gasteiger partial charge in [-0.25, -0.2) is 4.39 Å². The number of nitrogens with one attached hydrogen (secondary N) is 1. The average Bonchev–Trinajstić information content (AvgIpc) is 2.51. The lowest BCUT2D eigenvalue weighted by molar-refractivity contribution is -0.117. The Morgan fingerprint density at radius 1 is 1.21 bits per heavy atom. The highest BCUT2D eigenvalue weighted by molar-refractivity contribution is 5.93. The Kier molecular flexibility index (Phi) is 5.93. The second kappa shape index (κ2) is 7.93. The number of methoxy groups -OCH3 is 1. The zero-order valence-electron chi connectivity index (χ0n) is 14.5. The highest BCUT2D eigenvalue weighted by Gasteiger charge is 2.12. The minimum atomic E-state index is -0.320. The number of halogens is 1. The van der Waals surface area contributed by atoms with Crippen LogP contribution < -0.4 is 10.1 Å². The van der Waals surface area contributed by atoms with Crippen molar-refractivity contribution in [1.29, 1.82) is 0 Å². The zero-order chi connectivity index (χ0) is 17.7. The van der Waals surface area contributed by atoms with Gasteiger partial charge in [0.1, 0.15) is 11.6 Å². The fourth-order valence-corrected chi connectivity index (χ4v) is 2.65. The summed E-state index contributed by atoms with van der Waals surface area (Å²) in [5, 5.41) is 2.95. The van der Waals surface area contributed by atoms with Gasteiger partial charge >= 0.3 is 0 Å². The Labute approximate surface area is 142 Å². The van der Waals surface area contributed by atoms with Gasteiger partial charge in [0.15, 0.2) is 0 Å². The van der Waals surface area contributed by atoms with Crippen molar-refractivity contribution in [2.75, 3.05) is 26.0 Å². The van der Waals surface area contributed by atoms with Gasteiger partial charge in [-0.3, -0.25) is 9.69 Å². The average molecular weight is 330 g/mol. The molecule has 0 fully saturated rings. The van der Waals surface area contributed by atoms with Crippen LogP contribution >= 0.6 is 0 Å². The van der Waals surface area contributed by atoms with Crippen LogP contribution in [0.1, 0.15) is 16.7 Å². The summed E-state index contributed by atoms with van der Waals surface area (Å²) < 4.78 is 18.7. The van der Waals surface area contributed by atoms with Crippen molar-refractivity contribution in [3.8, 4) is 5.75 Å². The number of hydrogen-bond donors (Lipinski definition) is 1. The van der Waals surface area contributed by atoms with Crippen LogP contribution in [-0.4, -0.2) is 31.5 Å². The Balaban J connectivity index is 2.01. The number of hydrogen-bond acceptors (Lipinski definition) is 3. The maximum atomic E-state index is 13.4. The summed E-state index contributed by atoms with van der Waals surface area (Å²) in [6.07, 6.45) is 0. The van der Waals surface area contributed by atoms with Gasteiger partial charge < -0.3 is 10.1 Å². The molecule has 2 rings (SSSR count). The van der Waals surface area contributed by atoms with Crippen molar-refractivity contribution in [2.24, 2.45) is 0 Å². The van der Waals surface area contributed by atoms with E-state index in [1.165, 1.54) is 12.1 Å². The number of ether oxygens (including phenoxy) is 1. The van der Waals surface area contributed by atoms with Crippen LogP contribution in [0.5, 0.6) is 5.75 Å². The highest BCUT2D eigenvalue weighted by Crippen LogP contribution is 2.21. The van der Waals surface area contributed by atoms with Gasteiger partial charge in [-0.2, -0.15) is 0 Å². The summed E-state index contributed by atoms with van der Waals surface area (Å²) in [6, 6.07) is 10.3. The van der Waals surface area contributed by atoms with E-state index in [4.69, 9.17) is 4.74 Å². The Morgan fingerprint density at radius 2 is 1.88 bits per heavy atom. The summed E-state index contributed by atoms with van der Waals surface area (Å²) in [6.45, 7) is 4.54. The van der Waals surface area contributed by atoms with Crippen LogP contribution in [0.25, 0.3) is 0 Å². The molecule has 0 saturated carbocycles. The third-order valence-electron chi connectivity index (χ3n) is 3.84. The molecule has 2 aromatic carbocycles. The van der Waals surface area contributed by atoms with E-state index in [-0.39, 0.29) is 18.3 Å². The van der Waals surface area contributed by atoms with Gasteiger partial charge in [-0.15, -0.1) is 0 Å². The number of para-hydroxylation sites is 1. The molecule has 0 atom stereocenters. The van der Waals surface area contributed by atoms with Gasteiger partial charge in [0.25, 0.3) is 0 Å². The summed E-state index contributed by atoms with van der Waals surface area (Å²) in [5.41, 5.74) is 3.61. The first kappa shape index (κ1) is 17.9. The first-order chi connectivity index (χ1) is 11.4. The number of aryl methyl sites for hydroxylation is 2. The largest absolute Gasteiger partial charge is 0.496 e. The van der Waals surface area contributed by atoms with E-state index < -0.39 is 0 Å². The van der Waals surface area contributed by atoms with Gasteiger partial charge in [0.2, 0.25) is 5.91 Å². The van der Waals surface area contributed by atoms with Crippen molar-refractivity contribution < 1.29 is 13.9 Å². The van der Waals surface area contributed by atoms with E-state index in [2.05, 4.69) is 5.32 Å². The highest BCUT2D eigenvalue weighted by atomic mass is 19.1. The van der Waals surface area contributed by atoms with Crippen LogP contribution in [0.15, 0.2) is 36.4 Å². The summed E-state index contributed by atoms with van der Waals surface area (Å²) in [5.74, 6) is 0.183. The van der Waals surface area contributed by atoms with Crippen molar-refractivity contribution in [1.82, 2.24) is 4.90 Å². The zero-order valence-corrected chi connectivity index (χ0v) is 14.5. The molecular weight excluding hydrogens is 307 g/mol. The molecule has 24 heavy (non-hydrogen) atoms. The molecular formula is C19H23FN2O2. The number of carbonyl (C=O) groups excluding carboxylic acids is 1. The SMILES string of the molecule is COc1ccc(F)cc1CN(C)CC(=O)Nc1c(C)cccc1C. The first-order valence-electron chi connectivity index (χ1n) is 7.77. The molecule has 0 spiro atoms. The molecule has 128 valence electrons. The van der Waals surface area contributed by atoms with Crippen molar-refractivity contribution in [3.05, 3.63) is 58.9 Å². The van der Waals surface area contributed by atoms with Crippen LogP contribution in [-0.2, 0) is 11.3 Å². The molecule has 0 aliphatic rings.